The fraction of sp³-hybridized carbons (Fsp3) is 0.478. The lowest BCUT2D eigenvalue weighted by atomic mass is 10.0. The number of rotatable bonds is 9. The highest BCUT2D eigenvalue weighted by atomic mass is 16.7. The van der Waals surface area contributed by atoms with Crippen LogP contribution in [0.3, 0.4) is 0 Å². The zero-order valence-electron chi connectivity index (χ0n) is 20.3. The number of ether oxygens (including phenoxy) is 1. The Bertz CT molecular complexity index is 980. The monoisotopic (exact) mass is 490 g/mol. The van der Waals surface area contributed by atoms with Crippen LogP contribution in [-0.2, 0) is 24.0 Å². The highest BCUT2D eigenvalue weighted by molar-refractivity contribution is 6.21. The Labute approximate surface area is 202 Å². The van der Waals surface area contributed by atoms with Gasteiger partial charge in [-0.25, -0.2) is 9.59 Å². The van der Waals surface area contributed by atoms with Gasteiger partial charge in [0, 0.05) is 0 Å². The van der Waals surface area contributed by atoms with E-state index in [1.54, 1.807) is 46.8 Å². The van der Waals surface area contributed by atoms with Crippen LogP contribution < -0.4 is 16.0 Å². The Balaban J connectivity index is 1.89. The zero-order chi connectivity index (χ0) is 26.3. The van der Waals surface area contributed by atoms with E-state index in [4.69, 9.17) is 9.57 Å². The van der Waals surface area contributed by atoms with Crippen LogP contribution in [0.1, 0.15) is 61.8 Å². The first-order chi connectivity index (χ1) is 16.3. The second-order valence-electron chi connectivity index (χ2n) is 9.24. The van der Waals surface area contributed by atoms with Gasteiger partial charge in [-0.2, -0.15) is 0 Å². The zero-order valence-corrected chi connectivity index (χ0v) is 20.3. The Morgan fingerprint density at radius 2 is 1.46 bits per heavy atom. The van der Waals surface area contributed by atoms with E-state index >= 15 is 0 Å². The summed E-state index contributed by atoms with van der Waals surface area (Å²) in [6, 6.07) is 4.86. The summed E-state index contributed by atoms with van der Waals surface area (Å²) in [5, 5.41) is 7.37. The van der Waals surface area contributed by atoms with Crippen LogP contribution in [0.25, 0.3) is 0 Å². The molecule has 1 aliphatic rings. The molecule has 5 amide bonds. The Morgan fingerprint density at radius 3 is 1.97 bits per heavy atom. The molecule has 2 rings (SSSR count). The van der Waals surface area contributed by atoms with Gasteiger partial charge >= 0.3 is 12.1 Å². The van der Waals surface area contributed by atoms with Crippen LogP contribution in [0.2, 0.25) is 0 Å². The van der Waals surface area contributed by atoms with E-state index in [1.165, 1.54) is 12.1 Å². The summed E-state index contributed by atoms with van der Waals surface area (Å²) in [5.41, 5.74) is -0.511. The molecule has 1 atom stereocenters. The van der Waals surface area contributed by atoms with Crippen LogP contribution >= 0.6 is 0 Å². The number of benzene rings is 1. The summed E-state index contributed by atoms with van der Waals surface area (Å²) in [6.45, 7) is 7.72. The number of imide groups is 1. The second-order valence-corrected chi connectivity index (χ2v) is 9.24. The lowest BCUT2D eigenvalue weighted by Gasteiger charge is -2.21. The Hall–Kier alpha value is -3.96. The van der Waals surface area contributed by atoms with Gasteiger partial charge in [0.05, 0.1) is 17.7 Å². The van der Waals surface area contributed by atoms with Gasteiger partial charge in [0.2, 0.25) is 11.8 Å². The van der Waals surface area contributed by atoms with E-state index in [0.29, 0.717) is 5.06 Å². The molecule has 0 aliphatic carbocycles. The van der Waals surface area contributed by atoms with Crippen molar-refractivity contribution >= 4 is 35.7 Å². The topological polar surface area (TPSA) is 160 Å². The molecule has 0 saturated heterocycles. The minimum Gasteiger partial charge on any atom is -0.444 e. The van der Waals surface area contributed by atoms with Crippen LogP contribution in [0, 0.1) is 5.92 Å². The molecule has 1 aliphatic heterocycles. The summed E-state index contributed by atoms with van der Waals surface area (Å²) in [5.74, 6) is -3.97. The molecule has 35 heavy (non-hydrogen) atoms. The summed E-state index contributed by atoms with van der Waals surface area (Å²) < 4.78 is 5.01. The SMILES string of the molecule is CC(C)CC(NC(=O)CNC(=O)CNC(=O)OC(C)(C)C)C(=O)ON1C(=O)c2ccccc2C1=O. The van der Waals surface area contributed by atoms with Gasteiger partial charge < -0.3 is 25.5 Å². The summed E-state index contributed by atoms with van der Waals surface area (Å²) in [4.78, 5) is 78.4. The fourth-order valence-corrected chi connectivity index (χ4v) is 3.04. The number of fused-ring (bicyclic) bond motifs is 1. The molecule has 0 saturated carbocycles. The van der Waals surface area contributed by atoms with Crippen molar-refractivity contribution in [2.24, 2.45) is 5.92 Å². The summed E-state index contributed by atoms with van der Waals surface area (Å²) >= 11 is 0. The molecule has 1 unspecified atom stereocenters. The predicted molar refractivity (Wildman–Crippen MR) is 122 cm³/mol. The maximum absolute atomic E-state index is 12.7. The molecule has 0 aromatic heterocycles. The predicted octanol–water partition coefficient (Wildman–Crippen LogP) is 0.913. The molecule has 190 valence electrons. The van der Waals surface area contributed by atoms with Gasteiger partial charge in [-0.1, -0.05) is 31.0 Å². The molecule has 1 aromatic carbocycles. The number of nitrogens with one attached hydrogen (secondary N) is 3. The highest BCUT2D eigenvalue weighted by Gasteiger charge is 2.40. The van der Waals surface area contributed by atoms with Crippen molar-refractivity contribution in [3.63, 3.8) is 0 Å². The molecule has 0 fully saturated rings. The fourth-order valence-electron chi connectivity index (χ4n) is 3.04. The van der Waals surface area contributed by atoms with Crippen molar-refractivity contribution in [2.75, 3.05) is 13.1 Å². The second kappa shape index (κ2) is 11.4. The van der Waals surface area contributed by atoms with Crippen molar-refractivity contribution in [1.82, 2.24) is 21.0 Å². The number of carbonyl (C=O) groups excluding carboxylic acids is 6. The average Bonchev–Trinajstić information content (AvgIpc) is 2.99. The Kier molecular flexibility index (Phi) is 8.93. The third-order valence-corrected chi connectivity index (χ3v) is 4.50. The first-order valence-electron chi connectivity index (χ1n) is 11.0. The number of hydrogen-bond acceptors (Lipinski definition) is 8. The van der Waals surface area contributed by atoms with Gasteiger partial charge in [-0.05, 0) is 45.2 Å². The van der Waals surface area contributed by atoms with Gasteiger partial charge in [-0.3, -0.25) is 19.2 Å². The molecule has 3 N–H and O–H groups in total. The molecule has 12 heteroatoms. The molecule has 0 bridgehead atoms. The third-order valence-electron chi connectivity index (χ3n) is 4.50. The van der Waals surface area contributed by atoms with Crippen molar-refractivity contribution < 1.29 is 38.3 Å². The van der Waals surface area contributed by atoms with E-state index in [-0.39, 0.29) is 23.5 Å². The van der Waals surface area contributed by atoms with Crippen molar-refractivity contribution in [2.45, 2.75) is 52.7 Å². The van der Waals surface area contributed by atoms with Gasteiger partial charge in [0.1, 0.15) is 18.2 Å². The van der Waals surface area contributed by atoms with Crippen LogP contribution in [-0.4, -0.2) is 65.5 Å². The van der Waals surface area contributed by atoms with Crippen LogP contribution in [0.4, 0.5) is 4.79 Å². The normalized spacial score (nSPS) is 13.7. The van der Waals surface area contributed by atoms with E-state index in [0.717, 1.165) is 0 Å². The number of amides is 5. The molecule has 1 heterocycles. The molecule has 1 aromatic rings. The van der Waals surface area contributed by atoms with E-state index in [9.17, 15) is 28.8 Å². The van der Waals surface area contributed by atoms with Gasteiger partial charge in [0.25, 0.3) is 11.8 Å². The molecular weight excluding hydrogens is 460 g/mol. The van der Waals surface area contributed by atoms with Crippen LogP contribution in [0.5, 0.6) is 0 Å². The third kappa shape index (κ3) is 8.09. The Morgan fingerprint density at radius 1 is 0.914 bits per heavy atom. The van der Waals surface area contributed by atoms with Gasteiger partial charge in [-0.15, -0.1) is 0 Å². The number of carbonyl (C=O) groups is 6. The molecule has 0 radical (unpaired) electrons. The minimum atomic E-state index is -1.18. The van der Waals surface area contributed by atoms with E-state index < -0.39 is 60.4 Å². The minimum absolute atomic E-state index is 0.0531. The average molecular weight is 491 g/mol. The molecule has 0 spiro atoms. The van der Waals surface area contributed by atoms with Crippen LogP contribution in [0.15, 0.2) is 24.3 Å². The van der Waals surface area contributed by atoms with Crippen molar-refractivity contribution in [3.8, 4) is 0 Å². The quantitative estimate of drug-likeness (QED) is 0.431. The van der Waals surface area contributed by atoms with Crippen molar-refractivity contribution in [1.29, 1.82) is 0 Å². The van der Waals surface area contributed by atoms with E-state index in [2.05, 4.69) is 16.0 Å². The van der Waals surface area contributed by atoms with Gasteiger partial charge in [0.15, 0.2) is 0 Å². The smallest absolute Gasteiger partial charge is 0.408 e. The molecular formula is C23H30N4O8. The molecule has 12 nitrogen and oxygen atoms in total. The lowest BCUT2D eigenvalue weighted by Crippen LogP contribution is -2.49. The number of nitrogens with zero attached hydrogens (tertiary/aromatic N) is 1. The number of hydrogen-bond donors (Lipinski definition) is 3. The first-order valence-corrected chi connectivity index (χ1v) is 11.0. The lowest BCUT2D eigenvalue weighted by molar-refractivity contribution is -0.172. The number of alkyl carbamates (subject to hydrolysis) is 1. The maximum atomic E-state index is 12.7. The summed E-state index contributed by atoms with van der Waals surface area (Å²) in [7, 11) is 0. The summed E-state index contributed by atoms with van der Waals surface area (Å²) in [6.07, 6.45) is -0.632. The van der Waals surface area contributed by atoms with Crippen molar-refractivity contribution in [3.05, 3.63) is 35.4 Å². The van der Waals surface area contributed by atoms with E-state index in [1.807, 2.05) is 0 Å². The largest absolute Gasteiger partial charge is 0.444 e. The number of hydroxylamine groups is 2. The first kappa shape index (κ1) is 27.3. The highest BCUT2D eigenvalue weighted by Crippen LogP contribution is 2.23. The maximum Gasteiger partial charge on any atom is 0.408 e. The standard InChI is InChI=1S/C23H30N4O8/c1-13(2)10-16(21(32)35-27-19(30)14-8-6-7-9-15(14)20(27)31)26-18(29)12-24-17(28)11-25-22(33)34-23(3,4)5/h6-9,13,16H,10-12H2,1-5H3,(H,24,28)(H,25,33)(H,26,29).